The van der Waals surface area contributed by atoms with Crippen LogP contribution >= 0.6 is 27.3 Å². The first-order valence-electron chi connectivity index (χ1n) is 5.88. The molecular formula is C13H13BrN2O3S2. The van der Waals surface area contributed by atoms with E-state index < -0.39 is 10.0 Å². The Balaban J connectivity index is 2.18. The van der Waals surface area contributed by atoms with Crippen molar-refractivity contribution in [1.82, 2.24) is 4.31 Å². The lowest BCUT2D eigenvalue weighted by molar-refractivity contribution is 0.103. The van der Waals surface area contributed by atoms with Gasteiger partial charge in [0.2, 0.25) is 10.0 Å². The molecule has 1 N–H and O–H groups in total. The molecule has 1 amide bonds. The maximum Gasteiger partial charge on any atom is 0.265 e. The van der Waals surface area contributed by atoms with Gasteiger partial charge in [0.15, 0.2) is 0 Å². The maximum absolute atomic E-state index is 12.1. The number of rotatable bonds is 4. The zero-order valence-corrected chi connectivity index (χ0v) is 14.5. The number of sulfonamides is 1. The van der Waals surface area contributed by atoms with E-state index in [4.69, 9.17) is 0 Å². The zero-order chi connectivity index (χ0) is 15.6. The van der Waals surface area contributed by atoms with Gasteiger partial charge in [-0.25, -0.2) is 12.7 Å². The number of carbonyl (C=O) groups is 1. The Bertz CT molecular complexity index is 752. The van der Waals surface area contributed by atoms with E-state index in [1.54, 1.807) is 12.1 Å². The number of nitrogens with zero attached hydrogens (tertiary/aromatic N) is 1. The normalized spacial score (nSPS) is 11.6. The summed E-state index contributed by atoms with van der Waals surface area (Å²) in [4.78, 5) is 12.6. The summed E-state index contributed by atoms with van der Waals surface area (Å²) >= 11 is 4.41. The summed E-state index contributed by atoms with van der Waals surface area (Å²) in [6.45, 7) is 0. The lowest BCUT2D eigenvalue weighted by Gasteiger charge is -2.08. The van der Waals surface area contributed by atoms with Crippen molar-refractivity contribution >= 4 is 48.9 Å². The smallest absolute Gasteiger partial charge is 0.265 e. The van der Waals surface area contributed by atoms with Crippen LogP contribution in [0.4, 0.5) is 5.69 Å². The highest BCUT2D eigenvalue weighted by Crippen LogP contribution is 2.23. The molecule has 0 aliphatic rings. The molecule has 2 rings (SSSR count). The van der Waals surface area contributed by atoms with Crippen molar-refractivity contribution in [2.45, 2.75) is 4.90 Å². The van der Waals surface area contributed by atoms with Crippen molar-refractivity contribution in [1.29, 1.82) is 0 Å². The van der Waals surface area contributed by atoms with E-state index in [0.29, 0.717) is 10.6 Å². The van der Waals surface area contributed by atoms with Crippen LogP contribution in [0.25, 0.3) is 0 Å². The van der Waals surface area contributed by atoms with Gasteiger partial charge >= 0.3 is 0 Å². The van der Waals surface area contributed by atoms with E-state index in [1.165, 1.54) is 25.5 Å². The molecule has 8 heteroatoms. The van der Waals surface area contributed by atoms with Crippen molar-refractivity contribution in [3.8, 4) is 0 Å². The Kier molecular flexibility index (Phi) is 4.82. The molecule has 1 heterocycles. The standard InChI is InChI=1S/C13H13BrN2O3S2/c1-16(2)21(18,19)11-7-12(20-8-11)13(17)15-10-5-3-9(14)4-6-10/h3-8H,1-2H3,(H,15,17). The Hall–Kier alpha value is -1.22. The largest absolute Gasteiger partial charge is 0.321 e. The third-order valence-electron chi connectivity index (χ3n) is 2.68. The van der Waals surface area contributed by atoms with Gasteiger partial charge < -0.3 is 5.32 Å². The third-order valence-corrected chi connectivity index (χ3v) is 6.08. The van der Waals surface area contributed by atoms with E-state index in [0.717, 1.165) is 20.1 Å². The summed E-state index contributed by atoms with van der Waals surface area (Å²) in [5.41, 5.74) is 0.647. The average molecular weight is 389 g/mol. The summed E-state index contributed by atoms with van der Waals surface area (Å²) in [5, 5.41) is 4.19. The first-order valence-corrected chi connectivity index (χ1v) is 9.00. The maximum atomic E-state index is 12.1. The fourth-order valence-electron chi connectivity index (χ4n) is 1.51. The van der Waals surface area contributed by atoms with Crippen LogP contribution in [-0.4, -0.2) is 32.7 Å². The van der Waals surface area contributed by atoms with Gasteiger partial charge in [-0.1, -0.05) is 15.9 Å². The topological polar surface area (TPSA) is 66.5 Å². The molecule has 0 saturated heterocycles. The predicted molar refractivity (Wildman–Crippen MR) is 87.3 cm³/mol. The molecule has 0 fully saturated rings. The lowest BCUT2D eigenvalue weighted by atomic mass is 10.3. The molecule has 21 heavy (non-hydrogen) atoms. The quantitative estimate of drug-likeness (QED) is 0.874. The summed E-state index contributed by atoms with van der Waals surface area (Å²) in [7, 11) is -0.605. The Morgan fingerprint density at radius 2 is 1.86 bits per heavy atom. The van der Waals surface area contributed by atoms with Crippen LogP contribution in [0.5, 0.6) is 0 Å². The number of nitrogens with one attached hydrogen (secondary N) is 1. The van der Waals surface area contributed by atoms with Crippen molar-refractivity contribution in [2.24, 2.45) is 0 Å². The third kappa shape index (κ3) is 3.70. The molecule has 0 radical (unpaired) electrons. The van der Waals surface area contributed by atoms with Crippen LogP contribution in [0.15, 0.2) is 45.1 Å². The van der Waals surface area contributed by atoms with E-state index in [2.05, 4.69) is 21.2 Å². The Morgan fingerprint density at radius 1 is 1.24 bits per heavy atom. The van der Waals surface area contributed by atoms with Gasteiger partial charge in [-0.3, -0.25) is 4.79 Å². The van der Waals surface area contributed by atoms with Gasteiger partial charge in [0, 0.05) is 29.6 Å². The number of anilines is 1. The fourth-order valence-corrected chi connectivity index (χ4v) is 3.83. The molecule has 0 unspecified atom stereocenters. The van der Waals surface area contributed by atoms with Crippen LogP contribution in [0, 0.1) is 0 Å². The van der Waals surface area contributed by atoms with E-state index in [-0.39, 0.29) is 10.8 Å². The monoisotopic (exact) mass is 388 g/mol. The number of thiophene rings is 1. The van der Waals surface area contributed by atoms with Gasteiger partial charge in [0.05, 0.1) is 9.77 Å². The average Bonchev–Trinajstić information content (AvgIpc) is 2.91. The van der Waals surface area contributed by atoms with Crippen LogP contribution in [0.1, 0.15) is 9.67 Å². The number of hydrogen-bond donors (Lipinski definition) is 1. The minimum atomic E-state index is -3.51. The summed E-state index contributed by atoms with van der Waals surface area (Å²) in [6.07, 6.45) is 0. The highest BCUT2D eigenvalue weighted by molar-refractivity contribution is 9.10. The van der Waals surface area contributed by atoms with Gasteiger partial charge in [-0.2, -0.15) is 0 Å². The SMILES string of the molecule is CN(C)S(=O)(=O)c1csc(C(=O)Nc2ccc(Br)cc2)c1. The molecule has 0 saturated carbocycles. The Morgan fingerprint density at radius 3 is 2.43 bits per heavy atom. The van der Waals surface area contributed by atoms with Gasteiger partial charge in [-0.15, -0.1) is 11.3 Å². The predicted octanol–water partition coefficient (Wildman–Crippen LogP) is 3.01. The molecule has 1 aromatic heterocycles. The fraction of sp³-hybridized carbons (Fsp3) is 0.154. The molecule has 0 bridgehead atoms. The van der Waals surface area contributed by atoms with Crippen LogP contribution in [0.3, 0.4) is 0 Å². The highest BCUT2D eigenvalue weighted by atomic mass is 79.9. The lowest BCUT2D eigenvalue weighted by Crippen LogP contribution is -2.21. The number of carbonyl (C=O) groups excluding carboxylic acids is 1. The molecule has 0 aliphatic heterocycles. The molecule has 0 spiro atoms. The van der Waals surface area contributed by atoms with E-state index in [1.807, 2.05) is 12.1 Å². The van der Waals surface area contributed by atoms with Crippen molar-refractivity contribution < 1.29 is 13.2 Å². The molecule has 1 aromatic carbocycles. The number of halogens is 1. The number of benzene rings is 1. The van der Waals surface area contributed by atoms with E-state index >= 15 is 0 Å². The number of amides is 1. The second kappa shape index (κ2) is 6.27. The Labute approximate surface area is 135 Å². The van der Waals surface area contributed by atoms with Crippen molar-refractivity contribution in [3.63, 3.8) is 0 Å². The molecular weight excluding hydrogens is 376 g/mol. The summed E-state index contributed by atoms with van der Waals surface area (Å²) in [6, 6.07) is 8.52. The summed E-state index contributed by atoms with van der Waals surface area (Å²) < 4.78 is 25.9. The zero-order valence-electron chi connectivity index (χ0n) is 11.3. The first kappa shape index (κ1) is 16.2. The molecule has 112 valence electrons. The molecule has 2 aromatic rings. The molecule has 0 atom stereocenters. The van der Waals surface area contributed by atoms with Crippen molar-refractivity contribution in [2.75, 3.05) is 19.4 Å². The van der Waals surface area contributed by atoms with Crippen LogP contribution in [-0.2, 0) is 10.0 Å². The molecule has 0 aliphatic carbocycles. The van der Waals surface area contributed by atoms with Crippen molar-refractivity contribution in [3.05, 3.63) is 45.1 Å². The summed E-state index contributed by atoms with van der Waals surface area (Å²) in [5.74, 6) is -0.331. The van der Waals surface area contributed by atoms with Crippen LogP contribution < -0.4 is 5.32 Å². The number of hydrogen-bond acceptors (Lipinski definition) is 4. The van der Waals surface area contributed by atoms with Gasteiger partial charge in [-0.05, 0) is 30.3 Å². The second-order valence-corrected chi connectivity index (χ2v) is 8.37. The van der Waals surface area contributed by atoms with Gasteiger partial charge in [0.25, 0.3) is 5.91 Å². The first-order chi connectivity index (χ1) is 9.80. The molecule has 5 nitrogen and oxygen atoms in total. The second-order valence-electron chi connectivity index (χ2n) is 4.40. The minimum absolute atomic E-state index is 0.124. The highest BCUT2D eigenvalue weighted by Gasteiger charge is 2.20. The van der Waals surface area contributed by atoms with Crippen LogP contribution in [0.2, 0.25) is 0 Å². The minimum Gasteiger partial charge on any atom is -0.321 e. The van der Waals surface area contributed by atoms with E-state index in [9.17, 15) is 13.2 Å². The van der Waals surface area contributed by atoms with Gasteiger partial charge in [0.1, 0.15) is 0 Å².